The Hall–Kier alpha value is -0.130. The number of hydrogen-bond donors (Lipinski definition) is 2. The van der Waals surface area contributed by atoms with Crippen molar-refractivity contribution < 1.29 is 31.9 Å². The molecule has 0 saturated heterocycles. The van der Waals surface area contributed by atoms with Gasteiger partial charge in [0.25, 0.3) is 11.8 Å². The summed E-state index contributed by atoms with van der Waals surface area (Å²) in [4.78, 5) is 16.4. The Kier molecular flexibility index (Phi) is 4.12. The lowest BCUT2D eigenvalue weighted by Crippen LogP contribution is -2.31. The summed E-state index contributed by atoms with van der Waals surface area (Å²) in [6.45, 7) is 1.02. The van der Waals surface area contributed by atoms with Gasteiger partial charge >= 0.3 is 7.60 Å². The van der Waals surface area contributed by atoms with Crippen molar-refractivity contribution in [3.63, 3.8) is 0 Å². The van der Waals surface area contributed by atoms with Gasteiger partial charge in [-0.25, -0.2) is 17.6 Å². The molecule has 8 heteroatoms. The van der Waals surface area contributed by atoms with E-state index < -0.39 is 38.4 Å². The average molecular weight is 238 g/mol. The highest BCUT2D eigenvalue weighted by atomic mass is 31.2. The molecule has 0 aliphatic heterocycles. The summed E-state index contributed by atoms with van der Waals surface area (Å²) in [5, 5.41) is 0. The maximum absolute atomic E-state index is 12.6. The van der Waals surface area contributed by atoms with Gasteiger partial charge in [0.1, 0.15) is 6.16 Å². The standard InChI is InChI=1S/C6H11F4O3P/c1-2-5(7,8)3-6(9,10)4-14(11,12)13/h2-4H2,1H3,(H2,11,12,13). The van der Waals surface area contributed by atoms with Gasteiger partial charge < -0.3 is 9.79 Å². The van der Waals surface area contributed by atoms with Crippen LogP contribution in [0.15, 0.2) is 0 Å². The average Bonchev–Trinajstić information content (AvgIpc) is 1.78. The van der Waals surface area contributed by atoms with Crippen molar-refractivity contribution in [2.75, 3.05) is 6.16 Å². The quantitative estimate of drug-likeness (QED) is 0.570. The molecule has 86 valence electrons. The van der Waals surface area contributed by atoms with E-state index in [1.807, 2.05) is 0 Å². The molecule has 0 aromatic carbocycles. The largest absolute Gasteiger partial charge is 0.331 e. The van der Waals surface area contributed by atoms with Crippen molar-refractivity contribution in [2.45, 2.75) is 31.6 Å². The van der Waals surface area contributed by atoms with E-state index in [2.05, 4.69) is 0 Å². The van der Waals surface area contributed by atoms with Crippen LogP contribution < -0.4 is 0 Å². The van der Waals surface area contributed by atoms with Crippen molar-refractivity contribution in [1.82, 2.24) is 0 Å². The van der Waals surface area contributed by atoms with Gasteiger partial charge in [-0.2, -0.15) is 0 Å². The lowest BCUT2D eigenvalue weighted by molar-refractivity contribution is -0.101. The summed E-state index contributed by atoms with van der Waals surface area (Å²) in [6.07, 6.45) is -4.46. The molecule has 0 bridgehead atoms. The second-order valence-corrected chi connectivity index (χ2v) is 4.71. The third-order valence-electron chi connectivity index (χ3n) is 1.47. The van der Waals surface area contributed by atoms with Crippen molar-refractivity contribution in [2.24, 2.45) is 0 Å². The first-order chi connectivity index (χ1) is 5.97. The maximum atomic E-state index is 12.6. The first-order valence-electron chi connectivity index (χ1n) is 3.78. The highest BCUT2D eigenvalue weighted by Gasteiger charge is 2.45. The molecule has 0 amide bonds. The fourth-order valence-electron chi connectivity index (χ4n) is 0.861. The molecular weight excluding hydrogens is 227 g/mol. The third kappa shape index (κ3) is 6.34. The van der Waals surface area contributed by atoms with Crippen LogP contribution in [-0.4, -0.2) is 27.8 Å². The molecule has 0 radical (unpaired) electrons. The molecule has 14 heavy (non-hydrogen) atoms. The molecule has 0 rings (SSSR count). The molecule has 0 aromatic rings. The van der Waals surface area contributed by atoms with E-state index in [-0.39, 0.29) is 0 Å². The summed E-state index contributed by atoms with van der Waals surface area (Å²) in [5.74, 6) is -7.64. The van der Waals surface area contributed by atoms with Crippen LogP contribution >= 0.6 is 7.60 Å². The van der Waals surface area contributed by atoms with Gasteiger partial charge in [-0.05, 0) is 0 Å². The summed E-state index contributed by atoms with van der Waals surface area (Å²) in [5.41, 5.74) is 0. The summed E-state index contributed by atoms with van der Waals surface area (Å²) in [7, 11) is -4.97. The van der Waals surface area contributed by atoms with Crippen molar-refractivity contribution >= 4 is 7.60 Å². The highest BCUT2D eigenvalue weighted by Crippen LogP contribution is 2.44. The monoisotopic (exact) mass is 238 g/mol. The Morgan fingerprint density at radius 1 is 1.14 bits per heavy atom. The topological polar surface area (TPSA) is 57.5 Å². The van der Waals surface area contributed by atoms with E-state index >= 15 is 0 Å². The van der Waals surface area contributed by atoms with E-state index in [0.717, 1.165) is 6.92 Å². The molecule has 2 N–H and O–H groups in total. The Morgan fingerprint density at radius 3 is 1.86 bits per heavy atom. The van der Waals surface area contributed by atoms with Crippen LogP contribution in [0.5, 0.6) is 0 Å². The highest BCUT2D eigenvalue weighted by molar-refractivity contribution is 7.51. The summed E-state index contributed by atoms with van der Waals surface area (Å²) < 4.78 is 60.4. The summed E-state index contributed by atoms with van der Waals surface area (Å²) >= 11 is 0. The first kappa shape index (κ1) is 13.9. The molecular formula is C6H11F4O3P. The normalized spacial score (nSPS) is 14.5. The predicted octanol–water partition coefficient (Wildman–Crippen LogP) is 2.23. The van der Waals surface area contributed by atoms with Crippen molar-refractivity contribution in [1.29, 1.82) is 0 Å². The second-order valence-electron chi connectivity index (χ2n) is 3.07. The van der Waals surface area contributed by atoms with Gasteiger partial charge in [-0.15, -0.1) is 0 Å². The zero-order chi connectivity index (χ0) is 11.6. The van der Waals surface area contributed by atoms with Gasteiger partial charge in [0, 0.05) is 6.42 Å². The zero-order valence-electron chi connectivity index (χ0n) is 7.38. The lowest BCUT2D eigenvalue weighted by Gasteiger charge is -2.22. The first-order valence-corrected chi connectivity index (χ1v) is 5.57. The van der Waals surface area contributed by atoms with Gasteiger partial charge in [0.05, 0.1) is 6.42 Å². The van der Waals surface area contributed by atoms with Crippen LogP contribution in [0.3, 0.4) is 0 Å². The van der Waals surface area contributed by atoms with Crippen LogP contribution in [-0.2, 0) is 4.57 Å². The van der Waals surface area contributed by atoms with E-state index in [0.29, 0.717) is 0 Å². The van der Waals surface area contributed by atoms with Crippen LogP contribution in [0.25, 0.3) is 0 Å². The van der Waals surface area contributed by atoms with Crippen LogP contribution in [0.4, 0.5) is 17.6 Å². The van der Waals surface area contributed by atoms with Gasteiger partial charge in [-0.3, -0.25) is 4.57 Å². The summed E-state index contributed by atoms with van der Waals surface area (Å²) in [6, 6.07) is 0. The Balaban J connectivity index is 4.42. The number of halogens is 4. The SMILES string of the molecule is CCC(F)(F)CC(F)(F)CP(=O)(O)O. The van der Waals surface area contributed by atoms with Crippen molar-refractivity contribution in [3.05, 3.63) is 0 Å². The molecule has 3 nitrogen and oxygen atoms in total. The number of hydrogen-bond acceptors (Lipinski definition) is 1. The molecule has 0 heterocycles. The number of alkyl halides is 4. The molecule has 0 atom stereocenters. The molecule has 0 unspecified atom stereocenters. The number of rotatable bonds is 5. The molecule has 0 aliphatic rings. The van der Waals surface area contributed by atoms with Crippen LogP contribution in [0, 0.1) is 0 Å². The Bertz CT molecular complexity index is 237. The van der Waals surface area contributed by atoms with E-state index in [1.165, 1.54) is 0 Å². The van der Waals surface area contributed by atoms with Crippen LogP contribution in [0.2, 0.25) is 0 Å². The minimum absolute atomic E-state index is 0.788. The predicted molar refractivity (Wildman–Crippen MR) is 41.7 cm³/mol. The van der Waals surface area contributed by atoms with E-state index in [9.17, 15) is 22.1 Å². The minimum Gasteiger partial charge on any atom is -0.324 e. The van der Waals surface area contributed by atoms with Gasteiger partial charge in [0.15, 0.2) is 0 Å². The zero-order valence-corrected chi connectivity index (χ0v) is 8.28. The smallest absolute Gasteiger partial charge is 0.324 e. The molecule has 0 aliphatic carbocycles. The third-order valence-corrected chi connectivity index (χ3v) is 2.35. The molecule has 0 spiro atoms. The fraction of sp³-hybridized carbons (Fsp3) is 1.00. The fourth-order valence-corrected chi connectivity index (χ4v) is 1.58. The van der Waals surface area contributed by atoms with Crippen LogP contribution in [0.1, 0.15) is 19.8 Å². The van der Waals surface area contributed by atoms with Gasteiger partial charge in [0.2, 0.25) is 0 Å². The maximum Gasteiger partial charge on any atom is 0.331 e. The minimum atomic E-state index is -4.97. The molecule has 0 fully saturated rings. The molecule has 0 saturated carbocycles. The Morgan fingerprint density at radius 2 is 1.57 bits per heavy atom. The van der Waals surface area contributed by atoms with E-state index in [4.69, 9.17) is 9.79 Å². The van der Waals surface area contributed by atoms with Gasteiger partial charge in [-0.1, -0.05) is 6.92 Å². The lowest BCUT2D eigenvalue weighted by atomic mass is 10.1. The van der Waals surface area contributed by atoms with Crippen molar-refractivity contribution in [3.8, 4) is 0 Å². The second kappa shape index (κ2) is 4.16. The van der Waals surface area contributed by atoms with E-state index in [1.54, 1.807) is 0 Å². The Labute approximate surface area is 78.3 Å². The molecule has 0 aromatic heterocycles.